The van der Waals surface area contributed by atoms with Crippen LogP contribution in [0.5, 0.6) is 0 Å². The quantitative estimate of drug-likeness (QED) is 0.799. The SMILES string of the molecule is O=C1N=C(Cc2ccc(-c3ccccc3)cc2)C(c2nnn[nH]2)=N1. The van der Waals surface area contributed by atoms with Gasteiger partial charge in [0, 0.05) is 6.42 Å². The largest absolute Gasteiger partial charge is 0.368 e. The molecule has 0 bridgehead atoms. The van der Waals surface area contributed by atoms with Crippen LogP contribution in [0.2, 0.25) is 0 Å². The highest BCUT2D eigenvalue weighted by atomic mass is 16.2. The summed E-state index contributed by atoms with van der Waals surface area (Å²) in [5.74, 6) is 0.348. The molecule has 116 valence electrons. The number of nitrogens with one attached hydrogen (secondary N) is 1. The fraction of sp³-hybridized carbons (Fsp3) is 0.0588. The Morgan fingerprint density at radius 2 is 1.62 bits per heavy atom. The molecule has 0 saturated heterocycles. The number of hydrogen-bond acceptors (Lipinski definition) is 4. The van der Waals surface area contributed by atoms with Crippen LogP contribution in [0, 0.1) is 0 Å². The zero-order chi connectivity index (χ0) is 16.4. The molecule has 0 radical (unpaired) electrons. The number of aliphatic imine (C=N–C) groups is 2. The summed E-state index contributed by atoms with van der Waals surface area (Å²) >= 11 is 0. The van der Waals surface area contributed by atoms with Crippen molar-refractivity contribution in [2.24, 2.45) is 9.98 Å². The van der Waals surface area contributed by atoms with Gasteiger partial charge >= 0.3 is 6.03 Å². The number of amides is 2. The van der Waals surface area contributed by atoms with Crippen molar-refractivity contribution < 1.29 is 4.79 Å². The van der Waals surface area contributed by atoms with Crippen molar-refractivity contribution in [3.8, 4) is 11.1 Å². The van der Waals surface area contributed by atoms with E-state index in [-0.39, 0.29) is 0 Å². The van der Waals surface area contributed by atoms with E-state index >= 15 is 0 Å². The van der Waals surface area contributed by atoms with E-state index in [1.807, 2.05) is 30.3 Å². The minimum Gasteiger partial charge on any atom is -0.244 e. The van der Waals surface area contributed by atoms with Gasteiger partial charge in [-0.2, -0.15) is 9.98 Å². The van der Waals surface area contributed by atoms with Crippen LogP contribution in [0.4, 0.5) is 4.79 Å². The highest BCUT2D eigenvalue weighted by Gasteiger charge is 2.23. The van der Waals surface area contributed by atoms with Gasteiger partial charge in [0.1, 0.15) is 5.71 Å². The topological polar surface area (TPSA) is 96.2 Å². The van der Waals surface area contributed by atoms with Gasteiger partial charge in [-0.15, -0.1) is 5.10 Å². The molecule has 0 spiro atoms. The molecule has 1 aliphatic heterocycles. The first-order valence-electron chi connectivity index (χ1n) is 7.38. The van der Waals surface area contributed by atoms with Gasteiger partial charge in [-0.25, -0.2) is 9.89 Å². The summed E-state index contributed by atoms with van der Waals surface area (Å²) in [5.41, 5.74) is 4.29. The number of rotatable bonds is 4. The first kappa shape index (κ1) is 14.1. The normalized spacial score (nSPS) is 13.8. The molecule has 3 aromatic rings. The van der Waals surface area contributed by atoms with Crippen LogP contribution < -0.4 is 0 Å². The van der Waals surface area contributed by atoms with Crippen molar-refractivity contribution >= 4 is 17.5 Å². The molecule has 2 amide bonds. The Balaban J connectivity index is 1.56. The zero-order valence-electron chi connectivity index (χ0n) is 12.5. The van der Waals surface area contributed by atoms with E-state index in [9.17, 15) is 4.79 Å². The van der Waals surface area contributed by atoms with Gasteiger partial charge < -0.3 is 0 Å². The number of aromatic nitrogens is 4. The van der Waals surface area contributed by atoms with Crippen molar-refractivity contribution in [2.45, 2.75) is 6.42 Å². The van der Waals surface area contributed by atoms with Gasteiger partial charge in [-0.1, -0.05) is 54.6 Å². The number of H-pyrrole nitrogens is 1. The molecule has 24 heavy (non-hydrogen) atoms. The van der Waals surface area contributed by atoms with Crippen LogP contribution in [-0.2, 0) is 6.42 Å². The van der Waals surface area contributed by atoms with Crippen molar-refractivity contribution in [1.82, 2.24) is 20.6 Å². The number of tetrazole rings is 1. The van der Waals surface area contributed by atoms with E-state index in [4.69, 9.17) is 0 Å². The van der Waals surface area contributed by atoms with Crippen molar-refractivity contribution in [3.05, 3.63) is 66.0 Å². The summed E-state index contributed by atoms with van der Waals surface area (Å²) in [5, 5.41) is 13.4. The number of benzene rings is 2. The highest BCUT2D eigenvalue weighted by Crippen LogP contribution is 2.20. The molecule has 2 aromatic carbocycles. The molecule has 1 aliphatic rings. The lowest BCUT2D eigenvalue weighted by atomic mass is 10.0. The van der Waals surface area contributed by atoms with Crippen LogP contribution in [-0.4, -0.2) is 38.1 Å². The number of hydrogen-bond donors (Lipinski definition) is 1. The predicted molar refractivity (Wildman–Crippen MR) is 89.1 cm³/mol. The predicted octanol–water partition coefficient (Wildman–Crippen LogP) is 2.47. The third kappa shape index (κ3) is 2.74. The van der Waals surface area contributed by atoms with Gasteiger partial charge in [0.15, 0.2) is 5.82 Å². The second-order valence-corrected chi connectivity index (χ2v) is 5.29. The Morgan fingerprint density at radius 1 is 0.875 bits per heavy atom. The molecule has 2 heterocycles. The molecule has 0 atom stereocenters. The van der Waals surface area contributed by atoms with Gasteiger partial charge in [-0.3, -0.25) is 0 Å². The number of carbonyl (C=O) groups excluding carboxylic acids is 1. The molecule has 1 N–H and O–H groups in total. The molecule has 0 unspecified atom stereocenters. The molecule has 0 fully saturated rings. The molecule has 0 saturated carbocycles. The summed E-state index contributed by atoms with van der Waals surface area (Å²) < 4.78 is 0. The van der Waals surface area contributed by atoms with E-state index in [0.717, 1.165) is 16.7 Å². The van der Waals surface area contributed by atoms with Gasteiger partial charge in [0.25, 0.3) is 0 Å². The lowest BCUT2D eigenvalue weighted by molar-refractivity contribution is 0.257. The number of aromatic amines is 1. The third-order valence-corrected chi connectivity index (χ3v) is 3.71. The van der Waals surface area contributed by atoms with E-state index in [2.05, 4.69) is 54.9 Å². The summed E-state index contributed by atoms with van der Waals surface area (Å²) in [6.45, 7) is 0. The Labute approximate surface area is 137 Å². The molecule has 7 heteroatoms. The Kier molecular flexibility index (Phi) is 3.51. The Morgan fingerprint density at radius 3 is 2.33 bits per heavy atom. The molecule has 4 rings (SSSR count). The first-order chi connectivity index (χ1) is 11.8. The number of carbonyl (C=O) groups is 1. The fourth-order valence-electron chi connectivity index (χ4n) is 2.56. The van der Waals surface area contributed by atoms with Crippen molar-refractivity contribution in [3.63, 3.8) is 0 Å². The second kappa shape index (κ2) is 5.96. The lowest BCUT2D eigenvalue weighted by Gasteiger charge is -2.05. The van der Waals surface area contributed by atoms with E-state index in [1.165, 1.54) is 0 Å². The molecule has 0 aliphatic carbocycles. The monoisotopic (exact) mass is 316 g/mol. The van der Waals surface area contributed by atoms with Crippen LogP contribution in [0.3, 0.4) is 0 Å². The minimum absolute atomic E-state index is 0.348. The van der Waals surface area contributed by atoms with Crippen LogP contribution >= 0.6 is 0 Å². The zero-order valence-corrected chi connectivity index (χ0v) is 12.5. The lowest BCUT2D eigenvalue weighted by Crippen LogP contribution is -2.17. The van der Waals surface area contributed by atoms with Crippen LogP contribution in [0.1, 0.15) is 11.4 Å². The molecular weight excluding hydrogens is 304 g/mol. The fourth-order valence-corrected chi connectivity index (χ4v) is 2.56. The maximum absolute atomic E-state index is 11.5. The molecule has 7 nitrogen and oxygen atoms in total. The maximum atomic E-state index is 11.5. The smallest absolute Gasteiger partial charge is 0.244 e. The number of nitrogens with zero attached hydrogens (tertiary/aromatic N) is 5. The third-order valence-electron chi connectivity index (χ3n) is 3.71. The Bertz CT molecular complexity index is 927. The van der Waals surface area contributed by atoms with Gasteiger partial charge in [-0.05, 0) is 27.1 Å². The summed E-state index contributed by atoms with van der Waals surface area (Å²) in [6.07, 6.45) is 0.486. The van der Waals surface area contributed by atoms with Crippen molar-refractivity contribution in [1.29, 1.82) is 0 Å². The molecular formula is C17H12N6O. The average Bonchev–Trinajstić information content (AvgIpc) is 3.26. The van der Waals surface area contributed by atoms with Crippen LogP contribution in [0.25, 0.3) is 11.1 Å². The van der Waals surface area contributed by atoms with E-state index in [1.54, 1.807) is 0 Å². The summed E-state index contributed by atoms with van der Waals surface area (Å²) in [7, 11) is 0. The van der Waals surface area contributed by atoms with Crippen LogP contribution in [0.15, 0.2) is 64.6 Å². The second-order valence-electron chi connectivity index (χ2n) is 5.29. The minimum atomic E-state index is -0.530. The average molecular weight is 316 g/mol. The Hall–Kier alpha value is -3.48. The van der Waals surface area contributed by atoms with Crippen molar-refractivity contribution in [2.75, 3.05) is 0 Å². The number of urea groups is 1. The van der Waals surface area contributed by atoms with E-state index in [0.29, 0.717) is 23.7 Å². The molecule has 1 aromatic heterocycles. The van der Waals surface area contributed by atoms with Gasteiger partial charge in [0.2, 0.25) is 0 Å². The first-order valence-corrected chi connectivity index (χ1v) is 7.38. The maximum Gasteiger partial charge on any atom is 0.368 e. The van der Waals surface area contributed by atoms with Gasteiger partial charge in [0.05, 0.1) is 5.71 Å². The van der Waals surface area contributed by atoms with E-state index < -0.39 is 6.03 Å². The highest BCUT2D eigenvalue weighted by molar-refractivity contribution is 6.52. The summed E-state index contributed by atoms with van der Waals surface area (Å²) in [6, 6.07) is 17.8. The summed E-state index contributed by atoms with van der Waals surface area (Å²) in [4.78, 5) is 19.4. The standard InChI is InChI=1S/C17H12N6O/c24-17-18-14(15(19-17)16-20-22-23-21-16)10-11-6-8-13(9-7-11)12-4-2-1-3-5-12/h1-9H,10H2,(H,20,21,22,23).